The van der Waals surface area contributed by atoms with E-state index in [4.69, 9.17) is 0 Å². The summed E-state index contributed by atoms with van der Waals surface area (Å²) in [6, 6.07) is 6.95. The number of hydrogen-bond donors (Lipinski definition) is 0. The van der Waals surface area contributed by atoms with Crippen LogP contribution < -0.4 is 4.90 Å². The van der Waals surface area contributed by atoms with Gasteiger partial charge < -0.3 is 4.90 Å². The molecular formula is C9H10NO2S. The van der Waals surface area contributed by atoms with Crippen LogP contribution in [0, 0.1) is 7.05 Å². The summed E-state index contributed by atoms with van der Waals surface area (Å²) in [5.74, 6) is 0.160. The molecule has 1 radical (unpaired) electrons. The molecule has 0 spiro atoms. The van der Waals surface area contributed by atoms with Gasteiger partial charge in [-0.15, -0.1) is 0 Å². The summed E-state index contributed by atoms with van der Waals surface area (Å²) in [5, 5.41) is 0. The number of hydrogen-bond acceptors (Lipinski definition) is 3. The average Bonchev–Trinajstić information content (AvgIpc) is 2.13. The molecule has 1 aromatic rings. The monoisotopic (exact) mass is 196 g/mol. The zero-order valence-electron chi connectivity index (χ0n) is 7.10. The zero-order valence-corrected chi connectivity index (χ0v) is 7.92. The molecule has 0 saturated carbocycles. The second-order valence-corrected chi connectivity index (χ2v) is 5.13. The fourth-order valence-electron chi connectivity index (χ4n) is 1.44. The van der Waals surface area contributed by atoms with Gasteiger partial charge in [0.2, 0.25) is 0 Å². The molecule has 1 heterocycles. The van der Waals surface area contributed by atoms with Gasteiger partial charge in [0.15, 0.2) is 9.84 Å². The maximum atomic E-state index is 11.6. The number of sulfone groups is 1. The molecule has 0 aromatic heterocycles. The SMILES string of the molecule is [CH2]N1CCS(=O)(=O)c2ccccc21. The van der Waals surface area contributed by atoms with Crippen LogP contribution in [0.25, 0.3) is 0 Å². The van der Waals surface area contributed by atoms with Crippen molar-refractivity contribution in [3.63, 3.8) is 0 Å². The minimum Gasteiger partial charge on any atom is -0.368 e. The van der Waals surface area contributed by atoms with Crippen LogP contribution in [-0.4, -0.2) is 20.7 Å². The van der Waals surface area contributed by atoms with Gasteiger partial charge in [0.1, 0.15) is 0 Å². The van der Waals surface area contributed by atoms with Crippen LogP contribution in [-0.2, 0) is 9.84 Å². The van der Waals surface area contributed by atoms with Gasteiger partial charge in [0.05, 0.1) is 16.3 Å². The number of nitrogens with zero attached hydrogens (tertiary/aromatic N) is 1. The van der Waals surface area contributed by atoms with Crippen LogP contribution in [0.5, 0.6) is 0 Å². The van der Waals surface area contributed by atoms with E-state index in [1.54, 1.807) is 23.1 Å². The average molecular weight is 196 g/mol. The Morgan fingerprint density at radius 1 is 1.31 bits per heavy atom. The molecule has 0 amide bonds. The molecule has 0 bridgehead atoms. The van der Waals surface area contributed by atoms with Crippen molar-refractivity contribution in [1.82, 2.24) is 0 Å². The Balaban J connectivity index is 2.68. The Hall–Kier alpha value is -1.03. The lowest BCUT2D eigenvalue weighted by Gasteiger charge is -2.26. The summed E-state index contributed by atoms with van der Waals surface area (Å²) in [4.78, 5) is 2.12. The highest BCUT2D eigenvalue weighted by Crippen LogP contribution is 2.29. The fraction of sp³-hybridized carbons (Fsp3) is 0.222. The van der Waals surface area contributed by atoms with Crippen molar-refractivity contribution in [2.45, 2.75) is 4.90 Å². The van der Waals surface area contributed by atoms with E-state index < -0.39 is 9.84 Å². The Morgan fingerprint density at radius 3 is 2.69 bits per heavy atom. The first-order valence-electron chi connectivity index (χ1n) is 4.01. The molecule has 0 unspecified atom stereocenters. The second-order valence-electron chi connectivity index (χ2n) is 3.05. The first kappa shape index (κ1) is 8.56. The molecule has 4 heteroatoms. The van der Waals surface area contributed by atoms with Crippen LogP contribution in [0.4, 0.5) is 5.69 Å². The van der Waals surface area contributed by atoms with Crippen LogP contribution in [0.3, 0.4) is 0 Å². The first-order chi connectivity index (χ1) is 6.11. The third-order valence-corrected chi connectivity index (χ3v) is 3.91. The number of para-hydroxylation sites is 1. The summed E-state index contributed by atoms with van der Waals surface area (Å²) in [7, 11) is 0.717. The number of benzene rings is 1. The molecule has 0 atom stereocenters. The molecular weight excluding hydrogens is 186 g/mol. The van der Waals surface area contributed by atoms with Gasteiger partial charge in [-0.25, -0.2) is 8.42 Å². The van der Waals surface area contributed by atoms with Gasteiger partial charge >= 0.3 is 0 Å². The normalized spacial score (nSPS) is 19.6. The minimum absolute atomic E-state index is 0.160. The minimum atomic E-state index is -3.06. The smallest absolute Gasteiger partial charge is 0.182 e. The number of anilines is 1. The molecule has 2 rings (SSSR count). The van der Waals surface area contributed by atoms with Crippen LogP contribution >= 0.6 is 0 Å². The van der Waals surface area contributed by atoms with E-state index in [0.29, 0.717) is 17.1 Å². The highest BCUT2D eigenvalue weighted by molar-refractivity contribution is 7.91. The maximum Gasteiger partial charge on any atom is 0.182 e. The van der Waals surface area contributed by atoms with Crippen molar-refractivity contribution in [3.05, 3.63) is 31.3 Å². The maximum absolute atomic E-state index is 11.6. The quantitative estimate of drug-likeness (QED) is 0.623. The van der Waals surface area contributed by atoms with E-state index in [2.05, 4.69) is 7.05 Å². The van der Waals surface area contributed by atoms with Gasteiger partial charge in [-0.1, -0.05) is 12.1 Å². The summed E-state index contributed by atoms with van der Waals surface area (Å²) in [5.41, 5.74) is 0.703. The third kappa shape index (κ3) is 1.31. The second kappa shape index (κ2) is 2.73. The molecule has 3 nitrogen and oxygen atoms in total. The van der Waals surface area contributed by atoms with Crippen molar-refractivity contribution < 1.29 is 8.42 Å². The predicted octanol–water partition coefficient (Wildman–Crippen LogP) is 1.07. The van der Waals surface area contributed by atoms with E-state index in [1.807, 2.05) is 6.07 Å². The lowest BCUT2D eigenvalue weighted by Crippen LogP contribution is -2.30. The zero-order chi connectivity index (χ0) is 9.47. The topological polar surface area (TPSA) is 37.4 Å². The van der Waals surface area contributed by atoms with E-state index in [0.717, 1.165) is 0 Å². The van der Waals surface area contributed by atoms with Crippen LogP contribution in [0.2, 0.25) is 0 Å². The largest absolute Gasteiger partial charge is 0.368 e. The Labute approximate surface area is 77.9 Å². The van der Waals surface area contributed by atoms with Crippen molar-refractivity contribution in [2.75, 3.05) is 17.2 Å². The van der Waals surface area contributed by atoms with Gasteiger partial charge in [0, 0.05) is 13.6 Å². The number of fused-ring (bicyclic) bond motifs is 1. The van der Waals surface area contributed by atoms with E-state index in [1.165, 1.54) is 0 Å². The lowest BCUT2D eigenvalue weighted by atomic mass is 10.3. The number of rotatable bonds is 0. The van der Waals surface area contributed by atoms with Crippen molar-refractivity contribution in [1.29, 1.82) is 0 Å². The molecule has 0 fully saturated rings. The standard InChI is InChI=1S/C9H10NO2S/c1-10-6-7-13(11,12)9-5-3-2-4-8(9)10/h2-5H,1,6-7H2. The highest BCUT2D eigenvalue weighted by Gasteiger charge is 2.25. The summed E-state index contributed by atoms with van der Waals surface area (Å²) in [6.07, 6.45) is 0. The summed E-state index contributed by atoms with van der Waals surface area (Å²) < 4.78 is 23.1. The van der Waals surface area contributed by atoms with Gasteiger partial charge in [0.25, 0.3) is 0 Å². The van der Waals surface area contributed by atoms with Gasteiger partial charge in [-0.3, -0.25) is 0 Å². The molecule has 13 heavy (non-hydrogen) atoms. The summed E-state index contributed by atoms with van der Waals surface area (Å²) >= 11 is 0. The molecule has 69 valence electrons. The Kier molecular flexibility index (Phi) is 1.80. The fourth-order valence-corrected chi connectivity index (χ4v) is 2.92. The molecule has 0 aliphatic carbocycles. The van der Waals surface area contributed by atoms with Gasteiger partial charge in [-0.2, -0.15) is 0 Å². The first-order valence-corrected chi connectivity index (χ1v) is 5.66. The Morgan fingerprint density at radius 2 is 2.00 bits per heavy atom. The van der Waals surface area contributed by atoms with Crippen molar-refractivity contribution in [3.8, 4) is 0 Å². The van der Waals surface area contributed by atoms with Gasteiger partial charge in [-0.05, 0) is 12.1 Å². The molecule has 1 aliphatic heterocycles. The Bertz CT molecular complexity index is 425. The van der Waals surface area contributed by atoms with Crippen molar-refractivity contribution >= 4 is 15.5 Å². The van der Waals surface area contributed by atoms with Crippen molar-refractivity contribution in [2.24, 2.45) is 0 Å². The van der Waals surface area contributed by atoms with E-state index >= 15 is 0 Å². The lowest BCUT2D eigenvalue weighted by molar-refractivity contribution is 0.592. The molecule has 0 N–H and O–H groups in total. The van der Waals surface area contributed by atoms with E-state index in [-0.39, 0.29) is 5.75 Å². The van der Waals surface area contributed by atoms with Crippen LogP contribution in [0.1, 0.15) is 0 Å². The van der Waals surface area contributed by atoms with E-state index in [9.17, 15) is 8.42 Å². The predicted molar refractivity (Wildman–Crippen MR) is 51.2 cm³/mol. The highest BCUT2D eigenvalue weighted by atomic mass is 32.2. The summed E-state index contributed by atoms with van der Waals surface area (Å²) in [6.45, 7) is 0.472. The molecule has 1 aliphatic rings. The molecule has 0 saturated heterocycles. The van der Waals surface area contributed by atoms with Crippen LogP contribution in [0.15, 0.2) is 29.2 Å². The molecule has 1 aromatic carbocycles. The third-order valence-electron chi connectivity index (χ3n) is 2.17.